The molecule has 0 saturated carbocycles. The van der Waals surface area contributed by atoms with Crippen LogP contribution in [0.3, 0.4) is 0 Å². The predicted octanol–water partition coefficient (Wildman–Crippen LogP) is 0.799. The van der Waals surface area contributed by atoms with Gasteiger partial charge in [0.1, 0.15) is 11.3 Å². The van der Waals surface area contributed by atoms with Crippen LogP contribution in [-0.4, -0.2) is 19.9 Å². The number of aromatic nitrogens is 4. The SMILES string of the molecule is O=c1[nH]cnc2[nH]c3ncccc3c12. The number of rotatable bonds is 0. The van der Waals surface area contributed by atoms with Gasteiger partial charge in [-0.25, -0.2) is 9.97 Å². The first-order chi connectivity index (χ1) is 6.86. The second-order valence-electron chi connectivity index (χ2n) is 2.98. The Kier molecular flexibility index (Phi) is 1.25. The van der Waals surface area contributed by atoms with E-state index in [1.54, 1.807) is 12.3 Å². The van der Waals surface area contributed by atoms with Crippen LogP contribution in [0.1, 0.15) is 0 Å². The maximum absolute atomic E-state index is 11.5. The van der Waals surface area contributed by atoms with E-state index in [-0.39, 0.29) is 5.56 Å². The first-order valence-corrected chi connectivity index (χ1v) is 4.16. The molecule has 5 nitrogen and oxygen atoms in total. The lowest BCUT2D eigenvalue weighted by Gasteiger charge is -1.86. The van der Waals surface area contributed by atoms with Gasteiger partial charge in [0, 0.05) is 11.6 Å². The molecule has 0 aliphatic rings. The van der Waals surface area contributed by atoms with Crippen LogP contribution in [0.25, 0.3) is 22.1 Å². The highest BCUT2D eigenvalue weighted by molar-refractivity contribution is 6.03. The molecule has 5 heteroatoms. The van der Waals surface area contributed by atoms with Crippen molar-refractivity contribution in [3.05, 3.63) is 35.0 Å². The van der Waals surface area contributed by atoms with Crippen molar-refractivity contribution >= 4 is 22.1 Å². The summed E-state index contributed by atoms with van der Waals surface area (Å²) in [4.78, 5) is 25.2. The lowest BCUT2D eigenvalue weighted by Crippen LogP contribution is -2.04. The fraction of sp³-hybridized carbons (Fsp3) is 0. The number of nitrogens with one attached hydrogen (secondary N) is 2. The minimum Gasteiger partial charge on any atom is -0.324 e. The molecule has 0 spiro atoms. The topological polar surface area (TPSA) is 74.4 Å². The lowest BCUT2D eigenvalue weighted by molar-refractivity contribution is 1.16. The molecule has 0 unspecified atom stereocenters. The van der Waals surface area contributed by atoms with Gasteiger partial charge in [0.2, 0.25) is 0 Å². The van der Waals surface area contributed by atoms with E-state index in [4.69, 9.17) is 0 Å². The third-order valence-corrected chi connectivity index (χ3v) is 2.17. The van der Waals surface area contributed by atoms with Crippen molar-refractivity contribution < 1.29 is 0 Å². The average Bonchev–Trinajstić information content (AvgIpc) is 2.57. The Morgan fingerprint density at radius 1 is 1.21 bits per heavy atom. The molecule has 68 valence electrons. The molecule has 14 heavy (non-hydrogen) atoms. The number of aromatic amines is 2. The van der Waals surface area contributed by atoms with Gasteiger partial charge in [-0.1, -0.05) is 0 Å². The Bertz CT molecular complexity index is 667. The van der Waals surface area contributed by atoms with Crippen LogP contribution >= 0.6 is 0 Å². The Balaban J connectivity index is 2.73. The average molecular weight is 186 g/mol. The largest absolute Gasteiger partial charge is 0.324 e. The molecule has 0 radical (unpaired) electrons. The van der Waals surface area contributed by atoms with Crippen molar-refractivity contribution in [1.82, 2.24) is 19.9 Å². The maximum Gasteiger partial charge on any atom is 0.260 e. The zero-order valence-corrected chi connectivity index (χ0v) is 7.11. The summed E-state index contributed by atoms with van der Waals surface area (Å²) in [5, 5.41) is 1.37. The third-order valence-electron chi connectivity index (χ3n) is 2.17. The van der Waals surface area contributed by atoms with E-state index in [1.807, 2.05) is 6.07 Å². The van der Waals surface area contributed by atoms with E-state index < -0.39 is 0 Å². The third kappa shape index (κ3) is 0.806. The maximum atomic E-state index is 11.5. The minimum absolute atomic E-state index is 0.144. The first-order valence-electron chi connectivity index (χ1n) is 4.16. The van der Waals surface area contributed by atoms with E-state index >= 15 is 0 Å². The zero-order chi connectivity index (χ0) is 9.54. The molecule has 0 atom stereocenters. The predicted molar refractivity (Wildman–Crippen MR) is 52.0 cm³/mol. The summed E-state index contributed by atoms with van der Waals surface area (Å²) in [5.74, 6) is 0. The van der Waals surface area contributed by atoms with Crippen molar-refractivity contribution in [2.45, 2.75) is 0 Å². The fourth-order valence-corrected chi connectivity index (χ4v) is 1.56. The van der Waals surface area contributed by atoms with Crippen LogP contribution in [0.4, 0.5) is 0 Å². The zero-order valence-electron chi connectivity index (χ0n) is 7.11. The summed E-state index contributed by atoms with van der Waals surface area (Å²) in [6, 6.07) is 3.64. The second kappa shape index (κ2) is 2.41. The molecule has 3 heterocycles. The van der Waals surface area contributed by atoms with Gasteiger partial charge in [-0.2, -0.15) is 0 Å². The standard InChI is InChI=1S/C9H6N4O/c14-9-6-5-2-1-3-10-7(5)13-8(6)11-4-12-9/h1-4H,(H2,10,11,12,13,14). The summed E-state index contributed by atoms with van der Waals surface area (Å²) in [5.41, 5.74) is 1.11. The van der Waals surface area contributed by atoms with Gasteiger partial charge in [-0.05, 0) is 12.1 Å². The van der Waals surface area contributed by atoms with Crippen LogP contribution in [0, 0.1) is 0 Å². The molecule has 0 amide bonds. The minimum atomic E-state index is -0.144. The highest BCUT2D eigenvalue weighted by Gasteiger charge is 2.07. The Hall–Kier alpha value is -2.17. The Morgan fingerprint density at radius 2 is 2.14 bits per heavy atom. The molecule has 0 saturated heterocycles. The second-order valence-corrected chi connectivity index (χ2v) is 2.98. The molecule has 2 N–H and O–H groups in total. The van der Waals surface area contributed by atoms with Crippen LogP contribution < -0.4 is 5.56 Å². The quantitative estimate of drug-likeness (QED) is 0.545. The monoisotopic (exact) mass is 186 g/mol. The highest BCUT2D eigenvalue weighted by atomic mass is 16.1. The summed E-state index contributed by atoms with van der Waals surface area (Å²) < 4.78 is 0. The van der Waals surface area contributed by atoms with E-state index in [2.05, 4.69) is 19.9 Å². The van der Waals surface area contributed by atoms with Gasteiger partial charge in [0.15, 0.2) is 0 Å². The Labute approximate surface area is 77.8 Å². The molecule has 0 aliphatic heterocycles. The number of nitrogens with zero attached hydrogens (tertiary/aromatic N) is 2. The normalized spacial score (nSPS) is 11.1. The number of H-pyrrole nitrogens is 2. The van der Waals surface area contributed by atoms with Gasteiger partial charge in [0.25, 0.3) is 5.56 Å². The number of hydrogen-bond acceptors (Lipinski definition) is 3. The highest BCUT2D eigenvalue weighted by Crippen LogP contribution is 2.17. The summed E-state index contributed by atoms with van der Waals surface area (Å²) in [7, 11) is 0. The van der Waals surface area contributed by atoms with E-state index in [0.29, 0.717) is 16.7 Å². The molecule has 3 aromatic rings. The molecular formula is C9H6N4O. The molecule has 3 rings (SSSR count). The lowest BCUT2D eigenvalue weighted by atomic mass is 10.3. The van der Waals surface area contributed by atoms with Crippen molar-refractivity contribution in [3.8, 4) is 0 Å². The molecule has 0 aliphatic carbocycles. The van der Waals surface area contributed by atoms with Crippen LogP contribution in [-0.2, 0) is 0 Å². The summed E-state index contributed by atoms with van der Waals surface area (Å²) in [6.45, 7) is 0. The smallest absolute Gasteiger partial charge is 0.260 e. The van der Waals surface area contributed by atoms with Crippen molar-refractivity contribution in [2.75, 3.05) is 0 Å². The summed E-state index contributed by atoms with van der Waals surface area (Å²) >= 11 is 0. The molecule has 0 fully saturated rings. The van der Waals surface area contributed by atoms with Crippen LogP contribution in [0.15, 0.2) is 29.5 Å². The molecule has 0 aromatic carbocycles. The number of pyridine rings is 1. The molecule has 0 bridgehead atoms. The van der Waals surface area contributed by atoms with Gasteiger partial charge in [-0.3, -0.25) is 4.79 Å². The molecular weight excluding hydrogens is 180 g/mol. The van der Waals surface area contributed by atoms with E-state index in [9.17, 15) is 4.79 Å². The number of fused-ring (bicyclic) bond motifs is 3. The first kappa shape index (κ1) is 7.25. The number of hydrogen-bond donors (Lipinski definition) is 2. The summed E-state index contributed by atoms with van der Waals surface area (Å²) in [6.07, 6.45) is 3.05. The van der Waals surface area contributed by atoms with Gasteiger partial charge >= 0.3 is 0 Å². The van der Waals surface area contributed by atoms with E-state index in [1.165, 1.54) is 6.33 Å². The van der Waals surface area contributed by atoms with Gasteiger partial charge < -0.3 is 9.97 Å². The fourth-order valence-electron chi connectivity index (χ4n) is 1.56. The van der Waals surface area contributed by atoms with Crippen LogP contribution in [0.2, 0.25) is 0 Å². The van der Waals surface area contributed by atoms with Gasteiger partial charge in [-0.15, -0.1) is 0 Å². The van der Waals surface area contributed by atoms with Crippen molar-refractivity contribution in [3.63, 3.8) is 0 Å². The molecule has 3 aromatic heterocycles. The van der Waals surface area contributed by atoms with Crippen LogP contribution in [0.5, 0.6) is 0 Å². The van der Waals surface area contributed by atoms with Crippen molar-refractivity contribution in [2.24, 2.45) is 0 Å². The van der Waals surface area contributed by atoms with E-state index in [0.717, 1.165) is 5.39 Å². The van der Waals surface area contributed by atoms with Gasteiger partial charge in [0.05, 0.1) is 11.7 Å². The Morgan fingerprint density at radius 3 is 3.07 bits per heavy atom. The van der Waals surface area contributed by atoms with Crippen molar-refractivity contribution in [1.29, 1.82) is 0 Å².